The summed E-state index contributed by atoms with van der Waals surface area (Å²) in [6.45, 7) is 3.86. The van der Waals surface area contributed by atoms with Gasteiger partial charge >= 0.3 is 7.82 Å². The minimum absolute atomic E-state index is 0.493. The summed E-state index contributed by atoms with van der Waals surface area (Å²) in [5.74, 6) is 0. The van der Waals surface area contributed by atoms with Crippen molar-refractivity contribution in [1.29, 1.82) is 0 Å². The van der Waals surface area contributed by atoms with E-state index in [4.69, 9.17) is 9.05 Å². The maximum atomic E-state index is 12.3. The topological polar surface area (TPSA) is 55.8 Å². The molecule has 2 saturated carbocycles. The van der Waals surface area contributed by atoms with Crippen molar-refractivity contribution in [3.05, 3.63) is 0 Å². The second-order valence-electron chi connectivity index (χ2n) is 6.67. The Kier molecular flexibility index (Phi) is 4.77. The van der Waals surface area contributed by atoms with E-state index in [0.29, 0.717) is 0 Å². The molecule has 0 unspecified atom stereocenters. The smallest absolute Gasteiger partial charge is 0.302 e. The van der Waals surface area contributed by atoms with Crippen molar-refractivity contribution in [2.75, 3.05) is 0 Å². The largest absolute Gasteiger partial charge is 0.473 e. The Hall–Kier alpha value is 0.110. The van der Waals surface area contributed by atoms with Crippen LogP contribution in [0.2, 0.25) is 0 Å². The van der Waals surface area contributed by atoms with Gasteiger partial charge in [0.2, 0.25) is 0 Å². The third-order valence-electron chi connectivity index (χ3n) is 4.49. The van der Waals surface area contributed by atoms with Crippen LogP contribution in [-0.4, -0.2) is 16.1 Å². The highest BCUT2D eigenvalue weighted by molar-refractivity contribution is 7.47. The van der Waals surface area contributed by atoms with Crippen LogP contribution in [0.3, 0.4) is 0 Å². The van der Waals surface area contributed by atoms with Gasteiger partial charge < -0.3 is 4.89 Å². The van der Waals surface area contributed by atoms with E-state index in [9.17, 15) is 9.46 Å². The minimum atomic E-state index is -3.96. The molecule has 0 aliphatic heterocycles. The molecule has 0 radical (unpaired) electrons. The van der Waals surface area contributed by atoms with Gasteiger partial charge in [0.1, 0.15) is 0 Å². The number of phosphoric acid groups is 1. The van der Waals surface area contributed by atoms with Crippen LogP contribution in [0.15, 0.2) is 0 Å². The van der Waals surface area contributed by atoms with E-state index in [1.165, 1.54) is 12.8 Å². The lowest BCUT2D eigenvalue weighted by atomic mass is 9.87. The molecule has 0 heterocycles. The number of phosphoric ester groups is 1. The molecule has 19 heavy (non-hydrogen) atoms. The molecule has 0 atom stereocenters. The summed E-state index contributed by atoms with van der Waals surface area (Å²) in [5.41, 5.74) is -0.985. The van der Waals surface area contributed by atoms with Gasteiger partial charge in [0.25, 0.3) is 0 Å². The van der Waals surface area contributed by atoms with Gasteiger partial charge in [0.05, 0.1) is 11.2 Å². The molecule has 0 spiro atoms. The summed E-state index contributed by atoms with van der Waals surface area (Å²) >= 11 is 0. The third-order valence-corrected chi connectivity index (χ3v) is 5.84. The molecule has 0 aromatic carbocycles. The van der Waals surface area contributed by atoms with E-state index in [-0.39, 0.29) is 0 Å². The van der Waals surface area contributed by atoms with E-state index in [1.54, 1.807) is 0 Å². The van der Waals surface area contributed by atoms with Gasteiger partial charge in [-0.25, -0.2) is 4.57 Å². The first-order valence-electron chi connectivity index (χ1n) is 7.57. The van der Waals surface area contributed by atoms with Crippen LogP contribution in [0.25, 0.3) is 0 Å². The molecule has 0 saturated heterocycles. The molecule has 2 aliphatic carbocycles. The average Bonchev–Trinajstić information content (AvgIpc) is 2.27. The summed E-state index contributed by atoms with van der Waals surface area (Å²) in [5, 5.41) is 0. The highest BCUT2D eigenvalue weighted by Crippen LogP contribution is 2.55. The standard InChI is InChI=1S/C14H27O4P/c1-13(9-5-3-6-10-13)17-19(15,16)18-14(2)11-7-4-8-12-14/h3-12H2,1-2H3,(H,15,16). The summed E-state index contributed by atoms with van der Waals surface area (Å²) in [7, 11) is -3.96. The highest BCUT2D eigenvalue weighted by atomic mass is 31.2. The van der Waals surface area contributed by atoms with E-state index >= 15 is 0 Å². The summed E-state index contributed by atoms with van der Waals surface area (Å²) in [4.78, 5) is 10.1. The third kappa shape index (κ3) is 4.56. The van der Waals surface area contributed by atoms with Gasteiger partial charge in [-0.3, -0.25) is 9.05 Å². The predicted octanol–water partition coefficient (Wildman–Crippen LogP) is 4.57. The van der Waals surface area contributed by atoms with Gasteiger partial charge in [0, 0.05) is 0 Å². The highest BCUT2D eigenvalue weighted by Gasteiger charge is 2.42. The van der Waals surface area contributed by atoms with Crippen molar-refractivity contribution in [2.24, 2.45) is 0 Å². The quantitative estimate of drug-likeness (QED) is 0.771. The van der Waals surface area contributed by atoms with Crippen molar-refractivity contribution >= 4 is 7.82 Å². The zero-order chi connectivity index (χ0) is 14.0. The van der Waals surface area contributed by atoms with Crippen LogP contribution in [-0.2, 0) is 13.6 Å². The molecular weight excluding hydrogens is 263 g/mol. The van der Waals surface area contributed by atoms with E-state index in [0.717, 1.165) is 51.4 Å². The van der Waals surface area contributed by atoms with E-state index < -0.39 is 19.0 Å². The molecule has 2 fully saturated rings. The van der Waals surface area contributed by atoms with Crippen molar-refractivity contribution in [1.82, 2.24) is 0 Å². The summed E-state index contributed by atoms with van der Waals surface area (Å²) < 4.78 is 23.3. The van der Waals surface area contributed by atoms with Gasteiger partial charge in [-0.05, 0) is 39.5 Å². The first kappa shape index (κ1) is 15.5. The van der Waals surface area contributed by atoms with Crippen LogP contribution in [0.5, 0.6) is 0 Å². The second kappa shape index (κ2) is 5.85. The van der Waals surface area contributed by atoms with Crippen LogP contribution in [0.4, 0.5) is 0 Å². The number of hydrogen-bond donors (Lipinski definition) is 1. The Morgan fingerprint density at radius 1 is 0.789 bits per heavy atom. The Morgan fingerprint density at radius 2 is 1.11 bits per heavy atom. The molecule has 1 N–H and O–H groups in total. The van der Waals surface area contributed by atoms with Crippen molar-refractivity contribution in [3.8, 4) is 0 Å². The Morgan fingerprint density at radius 3 is 1.42 bits per heavy atom. The minimum Gasteiger partial charge on any atom is -0.302 e. The molecule has 0 aromatic heterocycles. The van der Waals surface area contributed by atoms with Crippen molar-refractivity contribution in [2.45, 2.75) is 89.3 Å². The number of rotatable bonds is 4. The SMILES string of the molecule is CC1(OP(=O)(O)OC2(C)CCCCC2)CCCCC1. The fraction of sp³-hybridized carbons (Fsp3) is 1.00. The molecule has 5 heteroatoms. The molecule has 0 aromatic rings. The zero-order valence-corrected chi connectivity index (χ0v) is 13.1. The van der Waals surface area contributed by atoms with E-state index in [2.05, 4.69) is 0 Å². The van der Waals surface area contributed by atoms with Gasteiger partial charge in [-0.15, -0.1) is 0 Å². The normalized spacial score (nSPS) is 27.1. The Balaban J connectivity index is 1.95. The first-order chi connectivity index (χ1) is 8.83. The average molecular weight is 290 g/mol. The molecule has 2 aliphatic rings. The van der Waals surface area contributed by atoms with Crippen molar-refractivity contribution in [3.63, 3.8) is 0 Å². The monoisotopic (exact) mass is 290 g/mol. The number of hydrogen-bond acceptors (Lipinski definition) is 3. The van der Waals surface area contributed by atoms with Gasteiger partial charge in [0.15, 0.2) is 0 Å². The van der Waals surface area contributed by atoms with Crippen molar-refractivity contribution < 1.29 is 18.5 Å². The summed E-state index contributed by atoms with van der Waals surface area (Å²) in [6, 6.07) is 0. The Labute approximate surface area is 116 Å². The molecular formula is C14H27O4P. The first-order valence-corrected chi connectivity index (χ1v) is 9.07. The van der Waals surface area contributed by atoms with Gasteiger partial charge in [-0.1, -0.05) is 38.5 Å². The zero-order valence-electron chi connectivity index (χ0n) is 12.2. The lowest BCUT2D eigenvalue weighted by molar-refractivity contribution is -0.0371. The Bertz CT molecular complexity index is 313. The van der Waals surface area contributed by atoms with Crippen LogP contribution in [0.1, 0.15) is 78.1 Å². The lowest BCUT2D eigenvalue weighted by Crippen LogP contribution is -2.34. The van der Waals surface area contributed by atoms with E-state index in [1.807, 2.05) is 13.8 Å². The lowest BCUT2D eigenvalue weighted by Gasteiger charge is -2.38. The molecule has 112 valence electrons. The van der Waals surface area contributed by atoms with Crippen LogP contribution in [0, 0.1) is 0 Å². The maximum Gasteiger partial charge on any atom is 0.473 e. The van der Waals surface area contributed by atoms with Crippen LogP contribution >= 0.6 is 7.82 Å². The maximum absolute atomic E-state index is 12.3. The fourth-order valence-corrected chi connectivity index (χ4v) is 4.87. The summed E-state index contributed by atoms with van der Waals surface area (Å²) in [6.07, 6.45) is 10.0. The predicted molar refractivity (Wildman–Crippen MR) is 75.0 cm³/mol. The molecule has 2 rings (SSSR count). The fourth-order valence-electron chi connectivity index (χ4n) is 3.36. The molecule has 4 nitrogen and oxygen atoms in total. The molecule has 0 amide bonds. The van der Waals surface area contributed by atoms with Crippen LogP contribution < -0.4 is 0 Å². The molecule has 0 bridgehead atoms. The van der Waals surface area contributed by atoms with Gasteiger partial charge in [-0.2, -0.15) is 0 Å². The second-order valence-corrected chi connectivity index (χ2v) is 7.97.